The van der Waals surface area contributed by atoms with E-state index in [4.69, 9.17) is 4.74 Å². The van der Waals surface area contributed by atoms with Crippen LogP contribution in [0.15, 0.2) is 18.2 Å². The number of aliphatic hydroxyl groups is 1. The minimum absolute atomic E-state index is 0.228. The Bertz CT molecular complexity index is 413. The van der Waals surface area contributed by atoms with Gasteiger partial charge in [-0.25, -0.2) is 8.78 Å². The Morgan fingerprint density at radius 2 is 1.84 bits per heavy atom. The van der Waals surface area contributed by atoms with Crippen molar-refractivity contribution in [1.29, 1.82) is 0 Å². The average Bonchev–Trinajstić information content (AvgIpc) is 2.29. The Hall–Kier alpha value is -1.00. The van der Waals surface area contributed by atoms with Crippen LogP contribution in [0.25, 0.3) is 0 Å². The Balaban J connectivity index is 2.81. The molecule has 0 fully saturated rings. The van der Waals surface area contributed by atoms with Crippen molar-refractivity contribution in [1.82, 2.24) is 0 Å². The molecule has 0 bridgehead atoms. The van der Waals surface area contributed by atoms with Crippen LogP contribution in [-0.4, -0.2) is 23.9 Å². The van der Waals surface area contributed by atoms with Crippen molar-refractivity contribution in [3.63, 3.8) is 0 Å². The molecule has 0 heterocycles. The fourth-order valence-electron chi connectivity index (χ4n) is 2.13. The molecule has 2 atom stereocenters. The van der Waals surface area contributed by atoms with Gasteiger partial charge in [-0.05, 0) is 30.0 Å². The number of hydrogen-bond donors (Lipinski definition) is 1. The van der Waals surface area contributed by atoms with Crippen molar-refractivity contribution in [3.8, 4) is 0 Å². The fraction of sp³-hybridized carbons (Fsp3) is 0.600. The maximum Gasteiger partial charge on any atom is 0.159 e. The zero-order valence-corrected chi connectivity index (χ0v) is 11.9. The van der Waals surface area contributed by atoms with E-state index in [-0.39, 0.29) is 17.9 Å². The Morgan fingerprint density at radius 1 is 1.21 bits per heavy atom. The maximum absolute atomic E-state index is 13.1. The van der Waals surface area contributed by atoms with E-state index in [0.717, 1.165) is 12.1 Å². The van der Waals surface area contributed by atoms with Crippen molar-refractivity contribution < 1.29 is 18.6 Å². The third-order valence-electron chi connectivity index (χ3n) is 2.98. The summed E-state index contributed by atoms with van der Waals surface area (Å²) < 4.78 is 31.5. The predicted octanol–water partition coefficient (Wildman–Crippen LogP) is 3.32. The van der Waals surface area contributed by atoms with Crippen molar-refractivity contribution >= 4 is 0 Å². The summed E-state index contributed by atoms with van der Waals surface area (Å²) in [6, 6.07) is 3.67. The van der Waals surface area contributed by atoms with Crippen LogP contribution >= 0.6 is 0 Å². The molecular weight excluding hydrogens is 250 g/mol. The summed E-state index contributed by atoms with van der Waals surface area (Å²) in [4.78, 5) is 0. The third kappa shape index (κ3) is 4.55. The highest BCUT2D eigenvalue weighted by atomic mass is 19.2. The zero-order valence-electron chi connectivity index (χ0n) is 11.9. The van der Waals surface area contributed by atoms with Crippen LogP contribution in [0.3, 0.4) is 0 Å². The first-order valence-electron chi connectivity index (χ1n) is 6.49. The lowest BCUT2D eigenvalue weighted by Crippen LogP contribution is -2.41. The standard InChI is InChI=1S/C15H22F2O2/c1-5-19-14(15(2,3)4)13(18)9-10-6-7-11(16)12(17)8-10/h6-8,13-14,18H,5,9H2,1-4H3. The Labute approximate surface area is 113 Å². The lowest BCUT2D eigenvalue weighted by molar-refractivity contribution is -0.0873. The molecule has 0 aromatic heterocycles. The normalized spacial score (nSPS) is 15.3. The van der Waals surface area contributed by atoms with E-state index >= 15 is 0 Å². The molecule has 4 heteroatoms. The number of aliphatic hydroxyl groups excluding tert-OH is 1. The first-order valence-corrected chi connectivity index (χ1v) is 6.49. The van der Waals surface area contributed by atoms with Gasteiger partial charge >= 0.3 is 0 Å². The largest absolute Gasteiger partial charge is 0.390 e. The SMILES string of the molecule is CCOC(C(O)Cc1ccc(F)c(F)c1)C(C)(C)C. The molecule has 0 amide bonds. The molecule has 1 N–H and O–H groups in total. The van der Waals surface area contributed by atoms with Gasteiger partial charge in [0.2, 0.25) is 0 Å². The molecule has 2 nitrogen and oxygen atoms in total. The maximum atomic E-state index is 13.1. The number of benzene rings is 1. The molecule has 108 valence electrons. The Morgan fingerprint density at radius 3 is 2.32 bits per heavy atom. The minimum Gasteiger partial charge on any atom is -0.390 e. The average molecular weight is 272 g/mol. The molecule has 1 aromatic rings. The van der Waals surface area contributed by atoms with E-state index in [9.17, 15) is 13.9 Å². The van der Waals surface area contributed by atoms with Crippen LogP contribution in [-0.2, 0) is 11.2 Å². The van der Waals surface area contributed by atoms with E-state index in [1.807, 2.05) is 27.7 Å². The summed E-state index contributed by atoms with van der Waals surface area (Å²) >= 11 is 0. The molecule has 19 heavy (non-hydrogen) atoms. The highest BCUT2D eigenvalue weighted by molar-refractivity contribution is 5.18. The van der Waals surface area contributed by atoms with Gasteiger partial charge in [0.05, 0.1) is 12.2 Å². The molecule has 0 aliphatic rings. The summed E-state index contributed by atoms with van der Waals surface area (Å²) in [5.41, 5.74) is 0.328. The molecule has 0 saturated carbocycles. The van der Waals surface area contributed by atoms with Crippen molar-refractivity contribution in [2.24, 2.45) is 5.41 Å². The summed E-state index contributed by atoms with van der Waals surface area (Å²) in [6.45, 7) is 8.28. The van der Waals surface area contributed by atoms with E-state index in [0.29, 0.717) is 12.2 Å². The van der Waals surface area contributed by atoms with Crippen LogP contribution in [0.2, 0.25) is 0 Å². The first-order chi connectivity index (χ1) is 8.75. The van der Waals surface area contributed by atoms with Crippen molar-refractivity contribution in [2.45, 2.75) is 46.3 Å². The van der Waals surface area contributed by atoms with E-state index in [2.05, 4.69) is 0 Å². The first kappa shape index (κ1) is 16.1. The second-order valence-corrected chi connectivity index (χ2v) is 5.76. The van der Waals surface area contributed by atoms with Gasteiger partial charge in [-0.2, -0.15) is 0 Å². The quantitative estimate of drug-likeness (QED) is 0.891. The molecule has 0 aliphatic heterocycles. The van der Waals surface area contributed by atoms with Gasteiger partial charge in [-0.15, -0.1) is 0 Å². The summed E-state index contributed by atoms with van der Waals surface area (Å²) in [5, 5.41) is 10.2. The summed E-state index contributed by atoms with van der Waals surface area (Å²) in [7, 11) is 0. The second kappa shape index (κ2) is 6.44. The molecule has 0 radical (unpaired) electrons. The van der Waals surface area contributed by atoms with E-state index < -0.39 is 17.7 Å². The lowest BCUT2D eigenvalue weighted by atomic mass is 9.83. The van der Waals surface area contributed by atoms with Crippen LogP contribution in [0.4, 0.5) is 8.78 Å². The van der Waals surface area contributed by atoms with Crippen LogP contribution in [0.1, 0.15) is 33.3 Å². The molecule has 0 spiro atoms. The monoisotopic (exact) mass is 272 g/mol. The molecule has 0 aliphatic carbocycles. The summed E-state index contributed by atoms with van der Waals surface area (Å²) in [5.74, 6) is -1.77. The molecular formula is C15H22F2O2. The molecule has 1 aromatic carbocycles. The van der Waals surface area contributed by atoms with Gasteiger partial charge in [-0.1, -0.05) is 26.8 Å². The summed E-state index contributed by atoms with van der Waals surface area (Å²) in [6.07, 6.45) is -0.880. The zero-order chi connectivity index (χ0) is 14.6. The smallest absolute Gasteiger partial charge is 0.159 e. The van der Waals surface area contributed by atoms with Crippen molar-refractivity contribution in [2.75, 3.05) is 6.61 Å². The lowest BCUT2D eigenvalue weighted by Gasteiger charge is -2.34. The second-order valence-electron chi connectivity index (χ2n) is 5.76. The molecule has 2 unspecified atom stereocenters. The Kier molecular flexibility index (Phi) is 5.44. The number of hydrogen-bond acceptors (Lipinski definition) is 2. The van der Waals surface area contributed by atoms with E-state index in [1.54, 1.807) is 0 Å². The fourth-order valence-corrected chi connectivity index (χ4v) is 2.13. The van der Waals surface area contributed by atoms with Gasteiger partial charge in [0.15, 0.2) is 11.6 Å². The van der Waals surface area contributed by atoms with E-state index in [1.165, 1.54) is 6.07 Å². The predicted molar refractivity (Wildman–Crippen MR) is 70.9 cm³/mol. The van der Waals surface area contributed by atoms with Crippen LogP contribution in [0, 0.1) is 17.0 Å². The van der Waals surface area contributed by atoms with Crippen molar-refractivity contribution in [3.05, 3.63) is 35.4 Å². The van der Waals surface area contributed by atoms with Gasteiger partial charge in [-0.3, -0.25) is 0 Å². The highest BCUT2D eigenvalue weighted by Gasteiger charge is 2.31. The number of halogens is 2. The van der Waals surface area contributed by atoms with Crippen LogP contribution in [0.5, 0.6) is 0 Å². The minimum atomic E-state index is -0.895. The van der Waals surface area contributed by atoms with Gasteiger partial charge in [0, 0.05) is 13.0 Å². The molecule has 0 saturated heterocycles. The van der Waals surface area contributed by atoms with Gasteiger partial charge in [0.25, 0.3) is 0 Å². The molecule has 1 rings (SSSR count). The number of rotatable bonds is 5. The van der Waals surface area contributed by atoms with Gasteiger partial charge < -0.3 is 9.84 Å². The number of ether oxygens (including phenoxy) is 1. The third-order valence-corrected chi connectivity index (χ3v) is 2.98. The van der Waals surface area contributed by atoms with Crippen LogP contribution < -0.4 is 0 Å². The van der Waals surface area contributed by atoms with Gasteiger partial charge in [0.1, 0.15) is 0 Å². The highest BCUT2D eigenvalue weighted by Crippen LogP contribution is 2.27. The topological polar surface area (TPSA) is 29.5 Å².